The topological polar surface area (TPSA) is 157 Å². The molecule has 4 rings (SSSR count). The summed E-state index contributed by atoms with van der Waals surface area (Å²) in [6, 6.07) is 7.58. The van der Waals surface area contributed by atoms with Gasteiger partial charge < -0.3 is 20.0 Å². The third-order valence-corrected chi connectivity index (χ3v) is 5.49. The summed E-state index contributed by atoms with van der Waals surface area (Å²) in [6.07, 6.45) is -4.57. The quantitative estimate of drug-likeness (QED) is 0.469. The summed E-state index contributed by atoms with van der Waals surface area (Å²) in [7, 11) is 0. The Balaban J connectivity index is 1.96. The summed E-state index contributed by atoms with van der Waals surface area (Å²) in [5.74, 6) is 1.83. The number of nitrogens with one attached hydrogen (secondary N) is 1. The zero-order valence-electron chi connectivity index (χ0n) is 17.5. The highest BCUT2D eigenvalue weighted by Gasteiger charge is 2.34. The highest BCUT2D eigenvalue weighted by Crippen LogP contribution is 2.40. The van der Waals surface area contributed by atoms with Crippen molar-refractivity contribution in [3.63, 3.8) is 0 Å². The largest absolute Gasteiger partial charge is 0.506 e. The van der Waals surface area contributed by atoms with Crippen LogP contribution in [0.25, 0.3) is 10.9 Å². The van der Waals surface area contributed by atoms with Crippen LogP contribution in [0.15, 0.2) is 41.2 Å². The van der Waals surface area contributed by atoms with Crippen molar-refractivity contribution >= 4 is 22.8 Å². The number of ether oxygens (including phenoxy) is 1. The first-order valence-corrected chi connectivity index (χ1v) is 9.90. The average molecular weight is 488 g/mol. The highest BCUT2D eigenvalue weighted by molar-refractivity contribution is 6.06. The van der Waals surface area contributed by atoms with Crippen LogP contribution in [0, 0.1) is 11.3 Å². The standard InChI is InChI=1S/C22H15F3N4O6/c23-22(24,25)12-4-1-10(2-5-12)13-9-34-14-6-3-11(7-26)16-18(14)29(13)21(33)17(19(16)31)20(32)28-8-15(30)35-27/h1-6,13,31H,8-9,27H2,(H,28,32). The molecule has 1 atom stereocenters. The summed E-state index contributed by atoms with van der Waals surface area (Å²) >= 11 is 0. The predicted octanol–water partition coefficient (Wildman–Crippen LogP) is 1.73. The van der Waals surface area contributed by atoms with E-state index in [2.05, 4.69) is 10.2 Å². The number of hydrogen-bond acceptors (Lipinski definition) is 8. The Kier molecular flexibility index (Phi) is 5.83. The Bertz CT molecular complexity index is 1460. The molecule has 180 valence electrons. The fourth-order valence-electron chi connectivity index (χ4n) is 3.88. The fourth-order valence-corrected chi connectivity index (χ4v) is 3.88. The zero-order valence-corrected chi connectivity index (χ0v) is 17.5. The lowest BCUT2D eigenvalue weighted by molar-refractivity contribution is -0.143. The molecule has 1 aliphatic rings. The molecule has 3 aromatic rings. The number of alkyl halides is 3. The molecule has 1 aliphatic heterocycles. The van der Waals surface area contributed by atoms with Crippen molar-refractivity contribution in [3.05, 3.63) is 69.0 Å². The van der Waals surface area contributed by atoms with E-state index in [1.807, 2.05) is 6.07 Å². The summed E-state index contributed by atoms with van der Waals surface area (Å²) in [4.78, 5) is 41.5. The molecule has 2 aromatic carbocycles. The number of carbonyl (C=O) groups is 2. The highest BCUT2D eigenvalue weighted by atomic mass is 19.4. The van der Waals surface area contributed by atoms with Gasteiger partial charge >= 0.3 is 12.1 Å². The van der Waals surface area contributed by atoms with Gasteiger partial charge in [-0.25, -0.2) is 4.79 Å². The van der Waals surface area contributed by atoms with Crippen LogP contribution in [0.2, 0.25) is 0 Å². The molecule has 10 nitrogen and oxygen atoms in total. The number of pyridine rings is 1. The molecule has 0 fully saturated rings. The summed E-state index contributed by atoms with van der Waals surface area (Å²) in [5, 5.41) is 22.3. The van der Waals surface area contributed by atoms with Gasteiger partial charge in [0, 0.05) is 0 Å². The predicted molar refractivity (Wildman–Crippen MR) is 112 cm³/mol. The van der Waals surface area contributed by atoms with Gasteiger partial charge in [0.05, 0.1) is 34.1 Å². The zero-order chi connectivity index (χ0) is 25.5. The Morgan fingerprint density at radius 3 is 2.54 bits per heavy atom. The molecule has 4 N–H and O–H groups in total. The maximum absolute atomic E-state index is 13.5. The van der Waals surface area contributed by atoms with Gasteiger partial charge in [-0.05, 0) is 29.8 Å². The van der Waals surface area contributed by atoms with Crippen LogP contribution in [0.3, 0.4) is 0 Å². The number of benzene rings is 2. The van der Waals surface area contributed by atoms with Crippen molar-refractivity contribution < 1.29 is 37.4 Å². The third kappa shape index (κ3) is 4.00. The van der Waals surface area contributed by atoms with Crippen LogP contribution in [0.1, 0.15) is 33.1 Å². The van der Waals surface area contributed by atoms with Crippen molar-refractivity contribution in [2.75, 3.05) is 13.2 Å². The van der Waals surface area contributed by atoms with Crippen LogP contribution < -0.4 is 21.5 Å². The van der Waals surface area contributed by atoms with Gasteiger partial charge in [0.15, 0.2) is 0 Å². The van der Waals surface area contributed by atoms with Crippen LogP contribution in [-0.4, -0.2) is 34.7 Å². The molecule has 0 saturated carbocycles. The van der Waals surface area contributed by atoms with Crippen LogP contribution in [0.4, 0.5) is 13.2 Å². The SMILES string of the molecule is N#Cc1ccc2c3c1c(O)c(C(=O)NCC(=O)ON)c(=O)n3C(c1ccc(C(F)(F)F)cc1)CO2. The van der Waals surface area contributed by atoms with Crippen molar-refractivity contribution in [2.45, 2.75) is 12.2 Å². The van der Waals surface area contributed by atoms with Gasteiger partial charge in [0.25, 0.3) is 11.5 Å². The summed E-state index contributed by atoms with van der Waals surface area (Å²) in [6.45, 7) is -0.909. The lowest BCUT2D eigenvalue weighted by atomic mass is 9.98. The lowest BCUT2D eigenvalue weighted by Crippen LogP contribution is -2.40. The average Bonchev–Trinajstić information content (AvgIpc) is 2.84. The Morgan fingerprint density at radius 2 is 1.94 bits per heavy atom. The first-order valence-electron chi connectivity index (χ1n) is 9.90. The van der Waals surface area contributed by atoms with Gasteiger partial charge in [0.2, 0.25) is 0 Å². The first-order chi connectivity index (χ1) is 16.6. The van der Waals surface area contributed by atoms with E-state index in [1.165, 1.54) is 12.1 Å². The summed E-state index contributed by atoms with van der Waals surface area (Å²) in [5.41, 5.74) is -2.56. The number of nitriles is 1. The van der Waals surface area contributed by atoms with Crippen molar-refractivity contribution in [2.24, 2.45) is 5.90 Å². The lowest BCUT2D eigenvalue weighted by Gasteiger charge is -2.30. The normalized spacial score (nSPS) is 14.7. The molecule has 13 heteroatoms. The number of halogens is 3. The molecule has 35 heavy (non-hydrogen) atoms. The number of nitrogens with two attached hydrogens (primary N) is 1. The second kappa shape index (κ2) is 8.65. The van der Waals surface area contributed by atoms with Gasteiger partial charge in [-0.3, -0.25) is 14.2 Å². The van der Waals surface area contributed by atoms with Crippen molar-refractivity contribution in [1.82, 2.24) is 9.88 Å². The fraction of sp³-hybridized carbons (Fsp3) is 0.182. The molecule has 0 bridgehead atoms. The second-order valence-electron chi connectivity index (χ2n) is 7.46. The van der Waals surface area contributed by atoms with Gasteiger partial charge in [-0.15, -0.1) is 0 Å². The van der Waals surface area contributed by atoms with E-state index in [4.69, 9.17) is 10.6 Å². The van der Waals surface area contributed by atoms with Crippen molar-refractivity contribution in [1.29, 1.82) is 5.26 Å². The maximum atomic E-state index is 13.5. The number of aromatic nitrogens is 1. The van der Waals surface area contributed by atoms with Crippen molar-refractivity contribution in [3.8, 4) is 17.6 Å². The number of hydrogen-bond donors (Lipinski definition) is 3. The molecule has 0 saturated heterocycles. The first kappa shape index (κ1) is 23.6. The Morgan fingerprint density at radius 1 is 1.26 bits per heavy atom. The number of amides is 1. The molecular weight excluding hydrogens is 473 g/mol. The molecule has 0 spiro atoms. The number of nitrogens with zero attached hydrogens (tertiary/aromatic N) is 2. The molecule has 2 heterocycles. The van der Waals surface area contributed by atoms with E-state index in [-0.39, 0.29) is 34.4 Å². The third-order valence-electron chi connectivity index (χ3n) is 5.49. The van der Waals surface area contributed by atoms with Gasteiger partial charge in [-0.2, -0.15) is 24.3 Å². The van der Waals surface area contributed by atoms with Crippen LogP contribution in [-0.2, 0) is 15.8 Å². The molecule has 1 amide bonds. The van der Waals surface area contributed by atoms with E-state index in [1.54, 1.807) is 0 Å². The number of rotatable bonds is 4. The molecule has 1 aromatic heterocycles. The van der Waals surface area contributed by atoms with E-state index >= 15 is 0 Å². The maximum Gasteiger partial charge on any atom is 0.416 e. The Hall–Kier alpha value is -4.57. The minimum Gasteiger partial charge on any atom is -0.506 e. The molecule has 0 aliphatic carbocycles. The van der Waals surface area contributed by atoms with E-state index < -0.39 is 53.1 Å². The molecule has 0 radical (unpaired) electrons. The number of aromatic hydroxyl groups is 1. The van der Waals surface area contributed by atoms with Crippen LogP contribution in [0.5, 0.6) is 11.5 Å². The Labute approximate surface area is 193 Å². The van der Waals surface area contributed by atoms with Gasteiger partial charge in [-0.1, -0.05) is 12.1 Å². The monoisotopic (exact) mass is 488 g/mol. The van der Waals surface area contributed by atoms with Gasteiger partial charge in [0.1, 0.15) is 30.2 Å². The summed E-state index contributed by atoms with van der Waals surface area (Å²) < 4.78 is 45.8. The second-order valence-corrected chi connectivity index (χ2v) is 7.46. The van der Waals surface area contributed by atoms with E-state index in [0.29, 0.717) is 0 Å². The van der Waals surface area contributed by atoms with E-state index in [0.717, 1.165) is 28.8 Å². The van der Waals surface area contributed by atoms with Crippen LogP contribution >= 0.6 is 0 Å². The number of carbonyl (C=O) groups excluding carboxylic acids is 2. The minimum absolute atomic E-state index is 0.0133. The molecular formula is C22H15F3N4O6. The van der Waals surface area contributed by atoms with E-state index in [9.17, 15) is 37.9 Å². The molecule has 1 unspecified atom stereocenters. The smallest absolute Gasteiger partial charge is 0.416 e. The minimum atomic E-state index is -4.57.